The fourth-order valence-corrected chi connectivity index (χ4v) is 4.21. The van der Waals surface area contributed by atoms with Crippen LogP contribution < -0.4 is 0 Å². The molecule has 1 aromatic rings. The molecule has 3 heterocycles. The molecule has 132 valence electrons. The van der Waals surface area contributed by atoms with E-state index in [4.69, 9.17) is 0 Å². The van der Waals surface area contributed by atoms with Crippen LogP contribution in [-0.4, -0.2) is 71.8 Å². The van der Waals surface area contributed by atoms with E-state index in [0.717, 1.165) is 49.8 Å². The number of amides is 2. The van der Waals surface area contributed by atoms with Gasteiger partial charge in [0.05, 0.1) is 10.9 Å². The summed E-state index contributed by atoms with van der Waals surface area (Å²) in [4.78, 5) is 32.1. The number of hydrogen-bond acceptors (Lipinski definition) is 4. The second-order valence-electron chi connectivity index (χ2n) is 6.99. The molecule has 0 saturated carbocycles. The van der Waals surface area contributed by atoms with E-state index in [1.54, 1.807) is 0 Å². The zero-order valence-corrected chi connectivity index (χ0v) is 15.4. The number of nitrogens with zero attached hydrogens (tertiary/aromatic N) is 3. The molecule has 0 aliphatic carbocycles. The van der Waals surface area contributed by atoms with Crippen LogP contribution in [0, 0.1) is 5.92 Å². The Morgan fingerprint density at radius 3 is 2.33 bits per heavy atom. The molecule has 0 spiro atoms. The summed E-state index contributed by atoms with van der Waals surface area (Å²) in [5, 5.41) is 1.93. The van der Waals surface area contributed by atoms with Crippen molar-refractivity contribution in [1.29, 1.82) is 0 Å². The quantitative estimate of drug-likeness (QED) is 0.840. The maximum Gasteiger partial charge on any atom is 0.264 e. The number of thiophene rings is 1. The van der Waals surface area contributed by atoms with Crippen molar-refractivity contribution in [3.8, 4) is 0 Å². The van der Waals surface area contributed by atoms with Crippen molar-refractivity contribution in [3.63, 3.8) is 0 Å². The Bertz CT molecular complexity index is 559. The highest BCUT2D eigenvalue weighted by atomic mass is 32.1. The number of carbonyl (C=O) groups excluding carboxylic acids is 2. The van der Waals surface area contributed by atoms with Crippen LogP contribution in [0.25, 0.3) is 0 Å². The van der Waals surface area contributed by atoms with Gasteiger partial charge in [-0.25, -0.2) is 0 Å². The average molecular weight is 350 g/mol. The van der Waals surface area contributed by atoms with Crippen molar-refractivity contribution in [1.82, 2.24) is 14.7 Å². The van der Waals surface area contributed by atoms with Gasteiger partial charge in [0.15, 0.2) is 0 Å². The fraction of sp³-hybridized carbons (Fsp3) is 0.667. The van der Waals surface area contributed by atoms with Crippen LogP contribution >= 0.6 is 11.3 Å². The molecular weight excluding hydrogens is 322 g/mol. The minimum Gasteiger partial charge on any atom is -0.341 e. The molecule has 1 aromatic heterocycles. The molecule has 2 aliphatic heterocycles. The molecule has 0 bridgehead atoms. The zero-order valence-electron chi connectivity index (χ0n) is 14.6. The molecule has 0 N–H and O–H groups in total. The lowest BCUT2D eigenvalue weighted by Gasteiger charge is -2.40. The Kier molecular flexibility index (Phi) is 5.56. The number of hydrogen-bond donors (Lipinski definition) is 0. The highest BCUT2D eigenvalue weighted by Gasteiger charge is 2.31. The first kappa shape index (κ1) is 17.4. The van der Waals surface area contributed by atoms with E-state index in [1.807, 2.05) is 34.2 Å². The summed E-state index contributed by atoms with van der Waals surface area (Å²) in [7, 11) is 0. The van der Waals surface area contributed by atoms with Crippen molar-refractivity contribution in [2.45, 2.75) is 32.7 Å². The van der Waals surface area contributed by atoms with Gasteiger partial charge >= 0.3 is 0 Å². The Morgan fingerprint density at radius 2 is 1.75 bits per heavy atom. The molecule has 0 radical (unpaired) electrons. The fourth-order valence-electron chi connectivity index (χ4n) is 3.52. The molecule has 0 aromatic carbocycles. The van der Waals surface area contributed by atoms with E-state index in [9.17, 15) is 9.59 Å². The number of rotatable bonds is 3. The van der Waals surface area contributed by atoms with Gasteiger partial charge in [0, 0.05) is 39.3 Å². The maximum atomic E-state index is 12.7. The summed E-state index contributed by atoms with van der Waals surface area (Å²) in [5.41, 5.74) is 0. The predicted molar refractivity (Wildman–Crippen MR) is 96.2 cm³/mol. The van der Waals surface area contributed by atoms with Crippen molar-refractivity contribution in [2.75, 3.05) is 39.3 Å². The lowest BCUT2D eigenvalue weighted by Crippen LogP contribution is -2.56. The number of piperidine rings is 1. The van der Waals surface area contributed by atoms with Crippen molar-refractivity contribution in [2.24, 2.45) is 5.92 Å². The van der Waals surface area contributed by atoms with E-state index in [1.165, 1.54) is 11.3 Å². The first-order valence-corrected chi connectivity index (χ1v) is 9.80. The third-order valence-corrected chi connectivity index (χ3v) is 6.19. The Morgan fingerprint density at radius 1 is 1.08 bits per heavy atom. The van der Waals surface area contributed by atoms with E-state index in [2.05, 4.69) is 11.8 Å². The molecule has 5 nitrogen and oxygen atoms in total. The third kappa shape index (κ3) is 3.81. The van der Waals surface area contributed by atoms with E-state index in [-0.39, 0.29) is 17.9 Å². The average Bonchev–Trinajstić information content (AvgIpc) is 3.15. The first-order valence-electron chi connectivity index (χ1n) is 8.92. The van der Waals surface area contributed by atoms with Gasteiger partial charge < -0.3 is 9.80 Å². The zero-order chi connectivity index (χ0) is 17.1. The van der Waals surface area contributed by atoms with Crippen molar-refractivity contribution >= 4 is 23.2 Å². The number of piperazine rings is 1. The van der Waals surface area contributed by atoms with Gasteiger partial charge in [-0.05, 0) is 37.1 Å². The summed E-state index contributed by atoms with van der Waals surface area (Å²) in [6.45, 7) is 8.99. The molecule has 2 amide bonds. The van der Waals surface area contributed by atoms with Gasteiger partial charge in [0.2, 0.25) is 5.91 Å². The highest BCUT2D eigenvalue weighted by molar-refractivity contribution is 7.12. The Hall–Kier alpha value is -1.40. The molecule has 6 heteroatoms. The summed E-state index contributed by atoms with van der Waals surface area (Å²) < 4.78 is 0. The summed E-state index contributed by atoms with van der Waals surface area (Å²) in [6, 6.07) is 3.70. The van der Waals surface area contributed by atoms with Crippen molar-refractivity contribution in [3.05, 3.63) is 22.4 Å². The smallest absolute Gasteiger partial charge is 0.264 e. The maximum absolute atomic E-state index is 12.7. The lowest BCUT2D eigenvalue weighted by atomic mass is 9.98. The normalized spacial score (nSPS) is 21.8. The summed E-state index contributed by atoms with van der Waals surface area (Å²) in [5.74, 6) is 1.10. The largest absolute Gasteiger partial charge is 0.341 e. The van der Waals surface area contributed by atoms with Gasteiger partial charge in [-0.15, -0.1) is 11.3 Å². The highest BCUT2D eigenvalue weighted by Crippen LogP contribution is 2.19. The number of carbonyl (C=O) groups is 2. The molecule has 1 unspecified atom stereocenters. The molecule has 2 saturated heterocycles. The molecule has 2 aliphatic rings. The molecule has 24 heavy (non-hydrogen) atoms. The Labute approximate surface area is 148 Å². The predicted octanol–water partition coefficient (Wildman–Crippen LogP) is 2.15. The van der Waals surface area contributed by atoms with E-state index < -0.39 is 0 Å². The van der Waals surface area contributed by atoms with E-state index in [0.29, 0.717) is 13.1 Å². The summed E-state index contributed by atoms with van der Waals surface area (Å²) in [6.07, 6.45) is 2.23. The molecule has 3 rings (SSSR count). The van der Waals surface area contributed by atoms with Gasteiger partial charge in [-0.1, -0.05) is 13.0 Å². The van der Waals surface area contributed by atoms with Gasteiger partial charge in [0.25, 0.3) is 5.91 Å². The standard InChI is InChI=1S/C18H27N3O2S/c1-14-5-7-20(8-6-14)17(22)15(2)19-9-11-21(12-10-19)18(23)16-4-3-13-24-16/h3-4,13-15H,5-12H2,1-2H3. The number of likely N-dealkylation sites (tertiary alicyclic amines) is 1. The van der Waals surface area contributed by atoms with Gasteiger partial charge in [-0.3, -0.25) is 14.5 Å². The second-order valence-corrected chi connectivity index (χ2v) is 7.94. The van der Waals surface area contributed by atoms with Crippen molar-refractivity contribution < 1.29 is 9.59 Å². The van der Waals surface area contributed by atoms with E-state index >= 15 is 0 Å². The van der Waals surface area contributed by atoms with Crippen LogP contribution in [0.3, 0.4) is 0 Å². The first-order chi connectivity index (χ1) is 11.6. The Balaban J connectivity index is 1.50. The van der Waals surface area contributed by atoms with Crippen LogP contribution in [0.1, 0.15) is 36.4 Å². The second kappa shape index (κ2) is 7.66. The van der Waals surface area contributed by atoms with Gasteiger partial charge in [0.1, 0.15) is 0 Å². The molecule has 1 atom stereocenters. The van der Waals surface area contributed by atoms with Crippen LogP contribution in [0.2, 0.25) is 0 Å². The lowest BCUT2D eigenvalue weighted by molar-refractivity contribution is -0.138. The summed E-state index contributed by atoms with van der Waals surface area (Å²) >= 11 is 1.49. The minimum absolute atomic E-state index is 0.0857. The monoisotopic (exact) mass is 349 g/mol. The molecule has 2 fully saturated rings. The van der Waals surface area contributed by atoms with Crippen LogP contribution in [0.4, 0.5) is 0 Å². The third-order valence-electron chi connectivity index (χ3n) is 5.33. The van der Waals surface area contributed by atoms with Crippen LogP contribution in [0.5, 0.6) is 0 Å². The van der Waals surface area contributed by atoms with Crippen LogP contribution in [-0.2, 0) is 4.79 Å². The molecular formula is C18H27N3O2S. The van der Waals surface area contributed by atoms with Gasteiger partial charge in [-0.2, -0.15) is 0 Å². The topological polar surface area (TPSA) is 43.9 Å². The van der Waals surface area contributed by atoms with Crippen LogP contribution in [0.15, 0.2) is 17.5 Å². The SMILES string of the molecule is CC1CCN(C(=O)C(C)N2CCN(C(=O)c3cccs3)CC2)CC1. The minimum atomic E-state index is -0.0857.